The smallest absolute Gasteiger partial charge is 0.225 e. The first-order valence-corrected chi connectivity index (χ1v) is 6.92. The summed E-state index contributed by atoms with van der Waals surface area (Å²) >= 11 is 0. The average Bonchev–Trinajstić information content (AvgIpc) is 2.95. The molecule has 2 aliphatic rings. The molecular weight excluding hydrogens is 226 g/mol. The van der Waals surface area contributed by atoms with Crippen LogP contribution in [0.1, 0.15) is 37.8 Å². The molecule has 98 valence electrons. The Kier molecular flexibility index (Phi) is 2.88. The van der Waals surface area contributed by atoms with Crippen LogP contribution in [0, 0.1) is 24.7 Å². The number of anilines is 1. The monoisotopic (exact) mass is 247 g/mol. The number of carbonyl (C=O) groups is 1. The standard InChI is InChI=1S/C14H21N3O/c1-9-5-13(17(2)16-9)15-14(18)8-12-7-10-3-4-11(12)6-10/h5,10-12H,3-4,6-8H2,1-2H3,(H,15,18). The predicted octanol–water partition coefficient (Wildman–Crippen LogP) is 2.49. The van der Waals surface area contributed by atoms with Crippen LogP contribution in [0.3, 0.4) is 0 Å². The van der Waals surface area contributed by atoms with Gasteiger partial charge in [-0.3, -0.25) is 9.48 Å². The fourth-order valence-corrected chi connectivity index (χ4v) is 3.79. The molecule has 1 N–H and O–H groups in total. The molecule has 0 saturated heterocycles. The Bertz CT molecular complexity index is 466. The Labute approximate surface area is 108 Å². The number of fused-ring (bicyclic) bond motifs is 2. The van der Waals surface area contributed by atoms with Crippen LogP contribution in [-0.4, -0.2) is 15.7 Å². The van der Waals surface area contributed by atoms with Crippen LogP contribution >= 0.6 is 0 Å². The van der Waals surface area contributed by atoms with Crippen LogP contribution in [-0.2, 0) is 11.8 Å². The number of rotatable bonds is 3. The normalized spacial score (nSPS) is 29.8. The molecule has 2 aliphatic carbocycles. The molecule has 3 atom stereocenters. The Balaban J connectivity index is 1.57. The first-order chi connectivity index (χ1) is 8.61. The van der Waals surface area contributed by atoms with Crippen molar-refractivity contribution in [3.8, 4) is 0 Å². The number of hydrogen-bond donors (Lipinski definition) is 1. The summed E-state index contributed by atoms with van der Waals surface area (Å²) < 4.78 is 1.73. The summed E-state index contributed by atoms with van der Waals surface area (Å²) in [6, 6.07) is 1.92. The molecule has 18 heavy (non-hydrogen) atoms. The first-order valence-electron chi connectivity index (χ1n) is 6.92. The van der Waals surface area contributed by atoms with Gasteiger partial charge in [-0.15, -0.1) is 0 Å². The highest BCUT2D eigenvalue weighted by Gasteiger charge is 2.40. The molecule has 2 saturated carbocycles. The van der Waals surface area contributed by atoms with Crippen LogP contribution in [0.25, 0.3) is 0 Å². The van der Waals surface area contributed by atoms with E-state index in [1.54, 1.807) is 4.68 Å². The van der Waals surface area contributed by atoms with Gasteiger partial charge >= 0.3 is 0 Å². The van der Waals surface area contributed by atoms with Gasteiger partial charge in [0.1, 0.15) is 5.82 Å². The van der Waals surface area contributed by atoms with Gasteiger partial charge in [-0.2, -0.15) is 5.10 Å². The second-order valence-electron chi connectivity index (χ2n) is 5.98. The fourth-order valence-electron chi connectivity index (χ4n) is 3.79. The van der Waals surface area contributed by atoms with Gasteiger partial charge in [0.05, 0.1) is 5.69 Å². The zero-order valence-electron chi connectivity index (χ0n) is 11.1. The molecule has 1 aromatic rings. The minimum Gasteiger partial charge on any atom is -0.311 e. The van der Waals surface area contributed by atoms with E-state index in [0.29, 0.717) is 12.3 Å². The van der Waals surface area contributed by atoms with Crippen molar-refractivity contribution in [1.82, 2.24) is 9.78 Å². The van der Waals surface area contributed by atoms with Crippen molar-refractivity contribution < 1.29 is 4.79 Å². The van der Waals surface area contributed by atoms with E-state index in [1.165, 1.54) is 25.7 Å². The quantitative estimate of drug-likeness (QED) is 0.892. The molecule has 4 heteroatoms. The van der Waals surface area contributed by atoms with Crippen LogP contribution < -0.4 is 5.32 Å². The number of amides is 1. The molecular formula is C14H21N3O. The minimum absolute atomic E-state index is 0.149. The molecule has 0 spiro atoms. The largest absolute Gasteiger partial charge is 0.311 e. The maximum Gasteiger partial charge on any atom is 0.225 e. The van der Waals surface area contributed by atoms with E-state index in [0.717, 1.165) is 23.3 Å². The molecule has 1 aromatic heterocycles. The molecule has 0 aliphatic heterocycles. The highest BCUT2D eigenvalue weighted by atomic mass is 16.1. The van der Waals surface area contributed by atoms with Crippen LogP contribution in [0.5, 0.6) is 0 Å². The van der Waals surface area contributed by atoms with Gasteiger partial charge in [0.2, 0.25) is 5.91 Å². The third kappa shape index (κ3) is 2.16. The molecule has 2 bridgehead atoms. The van der Waals surface area contributed by atoms with Crippen molar-refractivity contribution in [2.75, 3.05) is 5.32 Å². The summed E-state index contributed by atoms with van der Waals surface area (Å²) in [6.45, 7) is 1.94. The van der Waals surface area contributed by atoms with E-state index in [2.05, 4.69) is 10.4 Å². The molecule has 0 aromatic carbocycles. The van der Waals surface area contributed by atoms with Crippen LogP contribution in [0.2, 0.25) is 0 Å². The number of nitrogens with zero attached hydrogens (tertiary/aromatic N) is 2. The predicted molar refractivity (Wildman–Crippen MR) is 70.1 cm³/mol. The van der Waals surface area contributed by atoms with Crippen molar-refractivity contribution in [1.29, 1.82) is 0 Å². The number of aromatic nitrogens is 2. The molecule has 0 radical (unpaired) electrons. The van der Waals surface area contributed by atoms with E-state index in [4.69, 9.17) is 0 Å². The van der Waals surface area contributed by atoms with Gasteiger partial charge in [-0.1, -0.05) is 6.42 Å². The maximum atomic E-state index is 12.1. The number of aryl methyl sites for hydroxylation is 2. The van der Waals surface area contributed by atoms with Crippen molar-refractivity contribution >= 4 is 11.7 Å². The second kappa shape index (κ2) is 4.41. The van der Waals surface area contributed by atoms with Crippen molar-refractivity contribution in [3.63, 3.8) is 0 Å². The van der Waals surface area contributed by atoms with Crippen LogP contribution in [0.4, 0.5) is 5.82 Å². The fraction of sp³-hybridized carbons (Fsp3) is 0.714. The summed E-state index contributed by atoms with van der Waals surface area (Å²) in [4.78, 5) is 12.1. The lowest BCUT2D eigenvalue weighted by molar-refractivity contribution is -0.117. The number of nitrogens with one attached hydrogen (secondary N) is 1. The zero-order chi connectivity index (χ0) is 12.7. The van der Waals surface area contributed by atoms with Gasteiger partial charge in [0.25, 0.3) is 0 Å². The van der Waals surface area contributed by atoms with E-state index in [1.807, 2.05) is 20.0 Å². The maximum absolute atomic E-state index is 12.1. The van der Waals surface area contributed by atoms with Gasteiger partial charge in [0, 0.05) is 19.5 Å². The topological polar surface area (TPSA) is 46.9 Å². The summed E-state index contributed by atoms with van der Waals surface area (Å²) in [5.74, 6) is 3.30. The summed E-state index contributed by atoms with van der Waals surface area (Å²) in [7, 11) is 1.86. The number of carbonyl (C=O) groups excluding carboxylic acids is 1. The van der Waals surface area contributed by atoms with Crippen molar-refractivity contribution in [2.45, 2.75) is 39.0 Å². The van der Waals surface area contributed by atoms with Gasteiger partial charge in [-0.05, 0) is 43.9 Å². The Hall–Kier alpha value is -1.32. The lowest BCUT2D eigenvalue weighted by Gasteiger charge is -2.20. The van der Waals surface area contributed by atoms with E-state index < -0.39 is 0 Å². The SMILES string of the molecule is Cc1cc(NC(=O)CC2CC3CCC2C3)n(C)n1. The molecule has 3 unspecified atom stereocenters. The van der Waals surface area contributed by atoms with E-state index in [9.17, 15) is 4.79 Å². The molecule has 2 fully saturated rings. The first kappa shape index (κ1) is 11.8. The van der Waals surface area contributed by atoms with Gasteiger partial charge in [0.15, 0.2) is 0 Å². The van der Waals surface area contributed by atoms with E-state index >= 15 is 0 Å². The van der Waals surface area contributed by atoms with Gasteiger partial charge < -0.3 is 5.32 Å². The average molecular weight is 247 g/mol. The van der Waals surface area contributed by atoms with Crippen molar-refractivity contribution in [2.24, 2.45) is 24.8 Å². The lowest BCUT2D eigenvalue weighted by Crippen LogP contribution is -2.21. The summed E-state index contributed by atoms with van der Waals surface area (Å²) in [5, 5.41) is 7.21. The molecule has 1 heterocycles. The third-order valence-corrected chi connectivity index (χ3v) is 4.60. The van der Waals surface area contributed by atoms with E-state index in [-0.39, 0.29) is 5.91 Å². The minimum atomic E-state index is 0.149. The Morgan fingerprint density at radius 2 is 2.33 bits per heavy atom. The van der Waals surface area contributed by atoms with Crippen LogP contribution in [0.15, 0.2) is 6.07 Å². The summed E-state index contributed by atoms with van der Waals surface area (Å²) in [6.07, 6.45) is 6.05. The highest BCUT2D eigenvalue weighted by Crippen LogP contribution is 2.49. The summed E-state index contributed by atoms with van der Waals surface area (Å²) in [5.41, 5.74) is 0.938. The lowest BCUT2D eigenvalue weighted by atomic mass is 9.86. The van der Waals surface area contributed by atoms with Crippen molar-refractivity contribution in [3.05, 3.63) is 11.8 Å². The second-order valence-corrected chi connectivity index (χ2v) is 5.98. The zero-order valence-corrected chi connectivity index (χ0v) is 11.1. The number of hydrogen-bond acceptors (Lipinski definition) is 2. The highest BCUT2D eigenvalue weighted by molar-refractivity contribution is 5.90. The Morgan fingerprint density at radius 1 is 1.50 bits per heavy atom. The molecule has 4 nitrogen and oxygen atoms in total. The van der Waals surface area contributed by atoms with Gasteiger partial charge in [-0.25, -0.2) is 0 Å². The Morgan fingerprint density at radius 3 is 2.89 bits per heavy atom. The molecule has 3 rings (SSSR count). The molecule has 1 amide bonds. The third-order valence-electron chi connectivity index (χ3n) is 4.60.